The van der Waals surface area contributed by atoms with Crippen molar-refractivity contribution in [2.75, 3.05) is 19.7 Å². The van der Waals surface area contributed by atoms with Crippen LogP contribution >= 0.6 is 0 Å². The van der Waals surface area contributed by atoms with Gasteiger partial charge in [-0.25, -0.2) is 0 Å². The molecule has 2 N–H and O–H groups in total. The summed E-state index contributed by atoms with van der Waals surface area (Å²) in [6, 6.07) is 8.18. The van der Waals surface area contributed by atoms with Gasteiger partial charge in [0.05, 0.1) is 18.7 Å². The summed E-state index contributed by atoms with van der Waals surface area (Å²) in [6.45, 7) is 5.40. The molecule has 2 aromatic rings. The van der Waals surface area contributed by atoms with Crippen LogP contribution in [0.2, 0.25) is 0 Å². The normalized spacial score (nSPS) is 19.9. The smallest absolute Gasteiger partial charge is 0.225 e. The molecule has 1 aliphatic heterocycles. The number of hydrogen-bond donors (Lipinski definition) is 2. The summed E-state index contributed by atoms with van der Waals surface area (Å²) in [4.78, 5) is 12.6. The van der Waals surface area contributed by atoms with E-state index in [1.165, 1.54) is 0 Å². The molecule has 25 heavy (non-hydrogen) atoms. The van der Waals surface area contributed by atoms with E-state index in [2.05, 4.69) is 15.7 Å². The third-order valence-electron chi connectivity index (χ3n) is 4.67. The predicted molar refractivity (Wildman–Crippen MR) is 95.9 cm³/mol. The van der Waals surface area contributed by atoms with Crippen LogP contribution in [0.4, 0.5) is 0 Å². The van der Waals surface area contributed by atoms with Gasteiger partial charge in [0.1, 0.15) is 0 Å². The van der Waals surface area contributed by atoms with Gasteiger partial charge in [-0.15, -0.1) is 0 Å². The van der Waals surface area contributed by atoms with E-state index < -0.39 is 0 Å². The standard InChI is InChI=1S/C19H26N4O2/c1-3-25-13-15-6-4-14(5-7-15)8-21-19(24)18-11-20-10-17(18)16-9-22-23(2)12-16/h4-7,9,12,17-18,20H,3,8,10-11,13H2,1-2H3,(H,21,24)/t17-,18+/m1/s1. The van der Waals surface area contributed by atoms with Crippen LogP contribution in [-0.2, 0) is 29.7 Å². The van der Waals surface area contributed by atoms with Crippen molar-refractivity contribution in [2.45, 2.75) is 26.0 Å². The van der Waals surface area contributed by atoms with Gasteiger partial charge in [0.25, 0.3) is 0 Å². The lowest BCUT2D eigenvalue weighted by atomic mass is 9.90. The van der Waals surface area contributed by atoms with Crippen molar-refractivity contribution in [1.29, 1.82) is 0 Å². The molecule has 1 amide bonds. The second kappa shape index (κ2) is 8.27. The van der Waals surface area contributed by atoms with Crippen molar-refractivity contribution < 1.29 is 9.53 Å². The molecule has 134 valence electrons. The molecule has 0 aliphatic carbocycles. The van der Waals surface area contributed by atoms with Gasteiger partial charge in [0, 0.05) is 45.4 Å². The molecule has 1 saturated heterocycles. The number of nitrogens with one attached hydrogen (secondary N) is 2. The second-order valence-corrected chi connectivity index (χ2v) is 6.49. The largest absolute Gasteiger partial charge is 0.377 e. The Hall–Kier alpha value is -2.18. The van der Waals surface area contributed by atoms with Crippen LogP contribution in [0.3, 0.4) is 0 Å². The van der Waals surface area contributed by atoms with Crippen LogP contribution < -0.4 is 10.6 Å². The Balaban J connectivity index is 1.55. The Bertz CT molecular complexity index is 696. The summed E-state index contributed by atoms with van der Waals surface area (Å²) < 4.78 is 7.18. The summed E-state index contributed by atoms with van der Waals surface area (Å²) >= 11 is 0. The Labute approximate surface area is 148 Å². The van der Waals surface area contributed by atoms with Gasteiger partial charge in [-0.3, -0.25) is 9.48 Å². The fourth-order valence-electron chi connectivity index (χ4n) is 3.23. The van der Waals surface area contributed by atoms with Crippen LogP contribution in [0, 0.1) is 5.92 Å². The molecule has 0 saturated carbocycles. The van der Waals surface area contributed by atoms with Crippen molar-refractivity contribution >= 4 is 5.91 Å². The molecule has 1 fully saturated rings. The van der Waals surface area contributed by atoms with Gasteiger partial charge < -0.3 is 15.4 Å². The van der Waals surface area contributed by atoms with E-state index in [1.54, 1.807) is 4.68 Å². The lowest BCUT2D eigenvalue weighted by Crippen LogP contribution is -2.33. The Morgan fingerprint density at radius 2 is 2.08 bits per heavy atom. The third kappa shape index (κ3) is 4.46. The van der Waals surface area contributed by atoms with E-state index in [0.29, 0.717) is 26.3 Å². The van der Waals surface area contributed by atoms with Crippen LogP contribution in [0.5, 0.6) is 0 Å². The zero-order valence-electron chi connectivity index (χ0n) is 14.9. The Kier molecular flexibility index (Phi) is 5.83. The number of aryl methyl sites for hydroxylation is 1. The maximum Gasteiger partial charge on any atom is 0.225 e. The molecule has 0 unspecified atom stereocenters. The van der Waals surface area contributed by atoms with Gasteiger partial charge in [0.2, 0.25) is 5.91 Å². The van der Waals surface area contributed by atoms with Crippen molar-refractivity contribution in [3.05, 3.63) is 53.3 Å². The Morgan fingerprint density at radius 3 is 2.76 bits per heavy atom. The minimum Gasteiger partial charge on any atom is -0.377 e. The van der Waals surface area contributed by atoms with Crippen molar-refractivity contribution in [3.63, 3.8) is 0 Å². The number of carbonyl (C=O) groups excluding carboxylic acids is 1. The summed E-state index contributed by atoms with van der Waals surface area (Å²) in [7, 11) is 1.90. The van der Waals surface area contributed by atoms with E-state index in [1.807, 2.05) is 50.6 Å². The van der Waals surface area contributed by atoms with E-state index in [4.69, 9.17) is 4.74 Å². The lowest BCUT2D eigenvalue weighted by Gasteiger charge is -2.17. The summed E-state index contributed by atoms with van der Waals surface area (Å²) in [5.41, 5.74) is 3.36. The van der Waals surface area contributed by atoms with Crippen molar-refractivity contribution in [1.82, 2.24) is 20.4 Å². The first kappa shape index (κ1) is 17.6. The number of hydrogen-bond acceptors (Lipinski definition) is 4. The zero-order valence-corrected chi connectivity index (χ0v) is 14.9. The molecular weight excluding hydrogens is 316 g/mol. The summed E-state index contributed by atoms with van der Waals surface area (Å²) in [6.07, 6.45) is 3.85. The molecule has 6 nitrogen and oxygen atoms in total. The van der Waals surface area contributed by atoms with E-state index in [9.17, 15) is 4.79 Å². The number of ether oxygens (including phenoxy) is 1. The van der Waals surface area contributed by atoms with Gasteiger partial charge in [-0.05, 0) is 23.6 Å². The monoisotopic (exact) mass is 342 g/mol. The van der Waals surface area contributed by atoms with Crippen molar-refractivity contribution in [3.8, 4) is 0 Å². The SMILES string of the molecule is CCOCc1ccc(CNC(=O)[C@H]2CNC[C@@H]2c2cnn(C)c2)cc1. The average molecular weight is 342 g/mol. The highest BCUT2D eigenvalue weighted by Crippen LogP contribution is 2.27. The van der Waals surface area contributed by atoms with E-state index in [-0.39, 0.29) is 17.7 Å². The average Bonchev–Trinajstić information content (AvgIpc) is 3.27. The lowest BCUT2D eigenvalue weighted by molar-refractivity contribution is -0.125. The first-order valence-electron chi connectivity index (χ1n) is 8.80. The molecule has 1 aromatic carbocycles. The molecular formula is C19H26N4O2. The number of benzene rings is 1. The van der Waals surface area contributed by atoms with Gasteiger partial charge in [-0.2, -0.15) is 5.10 Å². The van der Waals surface area contributed by atoms with Gasteiger partial charge in [0.15, 0.2) is 0 Å². The molecule has 6 heteroatoms. The number of carbonyl (C=O) groups is 1. The maximum absolute atomic E-state index is 12.6. The van der Waals surface area contributed by atoms with Crippen LogP contribution in [0.1, 0.15) is 29.5 Å². The third-order valence-corrected chi connectivity index (χ3v) is 4.67. The minimum atomic E-state index is -0.0542. The molecule has 0 spiro atoms. The number of nitrogens with zero attached hydrogens (tertiary/aromatic N) is 2. The first-order valence-corrected chi connectivity index (χ1v) is 8.80. The summed E-state index contributed by atoms with van der Waals surface area (Å²) in [5, 5.41) is 10.6. The molecule has 2 heterocycles. The Morgan fingerprint density at radius 1 is 1.32 bits per heavy atom. The minimum absolute atomic E-state index is 0.0542. The number of amides is 1. The maximum atomic E-state index is 12.6. The quantitative estimate of drug-likeness (QED) is 0.802. The topological polar surface area (TPSA) is 68.2 Å². The highest BCUT2D eigenvalue weighted by Gasteiger charge is 2.34. The predicted octanol–water partition coefficient (Wildman–Crippen LogP) is 1.58. The van der Waals surface area contributed by atoms with Gasteiger partial charge >= 0.3 is 0 Å². The fourth-order valence-corrected chi connectivity index (χ4v) is 3.23. The second-order valence-electron chi connectivity index (χ2n) is 6.49. The van der Waals surface area contributed by atoms with Crippen molar-refractivity contribution in [2.24, 2.45) is 13.0 Å². The van der Waals surface area contributed by atoms with Crippen LogP contribution in [-0.4, -0.2) is 35.4 Å². The number of rotatable bonds is 7. The molecule has 2 atom stereocenters. The number of aromatic nitrogens is 2. The molecule has 0 bridgehead atoms. The van der Waals surface area contributed by atoms with E-state index >= 15 is 0 Å². The molecule has 0 radical (unpaired) electrons. The fraction of sp³-hybridized carbons (Fsp3) is 0.474. The molecule has 1 aliphatic rings. The van der Waals surface area contributed by atoms with E-state index in [0.717, 1.165) is 23.2 Å². The first-order chi connectivity index (χ1) is 12.2. The molecule has 1 aromatic heterocycles. The molecule has 3 rings (SSSR count). The highest BCUT2D eigenvalue weighted by molar-refractivity contribution is 5.80. The summed E-state index contributed by atoms with van der Waals surface area (Å²) in [5.74, 6) is 0.223. The van der Waals surface area contributed by atoms with Gasteiger partial charge in [-0.1, -0.05) is 24.3 Å². The van der Waals surface area contributed by atoms with Crippen LogP contribution in [0.25, 0.3) is 0 Å². The highest BCUT2D eigenvalue weighted by atomic mass is 16.5. The van der Waals surface area contributed by atoms with Crippen LogP contribution in [0.15, 0.2) is 36.7 Å². The zero-order chi connectivity index (χ0) is 17.6.